The molecule has 1 amide bonds. The van der Waals surface area contributed by atoms with Crippen molar-refractivity contribution in [2.45, 2.75) is 32.3 Å². The number of carbonyl (C=O) groups excluding carboxylic acids is 2. The molecule has 1 aliphatic heterocycles. The molecule has 0 unspecified atom stereocenters. The molecule has 0 saturated carbocycles. The number of carbonyl (C=O) groups is 2. The molecule has 25 heavy (non-hydrogen) atoms. The minimum atomic E-state index is -0.896. The van der Waals surface area contributed by atoms with Gasteiger partial charge in [-0.05, 0) is 38.3 Å². The second kappa shape index (κ2) is 7.97. The predicted molar refractivity (Wildman–Crippen MR) is 96.2 cm³/mol. The monoisotopic (exact) mass is 337 g/mol. The lowest BCUT2D eigenvalue weighted by molar-refractivity contribution is -0.142. The summed E-state index contributed by atoms with van der Waals surface area (Å²) in [6, 6.07) is 16.5. The molecule has 0 radical (unpaired) electrons. The number of nitrogens with zero attached hydrogens (tertiary/aromatic N) is 1. The van der Waals surface area contributed by atoms with Gasteiger partial charge in [0.2, 0.25) is 6.10 Å². The first-order chi connectivity index (χ1) is 12.1. The molecule has 0 spiro atoms. The normalized spacial score (nSPS) is 15.5. The minimum Gasteiger partial charge on any atom is -0.444 e. The van der Waals surface area contributed by atoms with Gasteiger partial charge in [-0.1, -0.05) is 48.0 Å². The molecule has 4 heteroatoms. The summed E-state index contributed by atoms with van der Waals surface area (Å²) in [7, 11) is 0. The van der Waals surface area contributed by atoms with E-state index in [0.717, 1.165) is 37.9 Å². The van der Waals surface area contributed by atoms with Crippen LogP contribution in [-0.4, -0.2) is 29.9 Å². The fourth-order valence-corrected chi connectivity index (χ4v) is 3.12. The number of hydrogen-bond acceptors (Lipinski definition) is 3. The van der Waals surface area contributed by atoms with E-state index >= 15 is 0 Å². The van der Waals surface area contributed by atoms with Crippen LogP contribution in [0, 0.1) is 6.92 Å². The Morgan fingerprint density at radius 1 is 0.960 bits per heavy atom. The maximum atomic E-state index is 13.0. The first-order valence-electron chi connectivity index (χ1n) is 8.76. The Balaban J connectivity index is 1.83. The van der Waals surface area contributed by atoms with E-state index in [2.05, 4.69) is 0 Å². The summed E-state index contributed by atoms with van der Waals surface area (Å²) < 4.78 is 5.66. The number of rotatable bonds is 4. The number of esters is 1. The summed E-state index contributed by atoms with van der Waals surface area (Å²) in [5, 5.41) is 0. The summed E-state index contributed by atoms with van der Waals surface area (Å²) in [6.45, 7) is 3.37. The second-order valence-electron chi connectivity index (χ2n) is 6.45. The number of aryl methyl sites for hydroxylation is 1. The second-order valence-corrected chi connectivity index (χ2v) is 6.45. The van der Waals surface area contributed by atoms with Crippen LogP contribution < -0.4 is 0 Å². The van der Waals surface area contributed by atoms with E-state index in [1.165, 1.54) is 0 Å². The van der Waals surface area contributed by atoms with Gasteiger partial charge in [0.05, 0.1) is 5.56 Å². The van der Waals surface area contributed by atoms with Crippen molar-refractivity contribution in [2.24, 2.45) is 0 Å². The average Bonchev–Trinajstić information content (AvgIpc) is 2.67. The zero-order valence-corrected chi connectivity index (χ0v) is 14.5. The smallest absolute Gasteiger partial charge is 0.339 e. The van der Waals surface area contributed by atoms with Crippen molar-refractivity contribution in [3.05, 3.63) is 71.3 Å². The van der Waals surface area contributed by atoms with Crippen LogP contribution in [0.25, 0.3) is 0 Å². The van der Waals surface area contributed by atoms with Gasteiger partial charge in [-0.25, -0.2) is 4.79 Å². The Labute approximate surface area is 148 Å². The van der Waals surface area contributed by atoms with Crippen LogP contribution >= 0.6 is 0 Å². The number of ether oxygens (including phenoxy) is 1. The standard InChI is InChI=1S/C21H23NO3/c1-16-9-8-12-18(15-16)21(24)25-19(17-10-4-2-5-11-17)20(23)22-13-6-3-7-14-22/h2,4-5,8-12,15,19H,3,6-7,13-14H2,1H3/t19-/m1/s1. The Bertz CT molecular complexity index is 736. The number of benzene rings is 2. The predicted octanol–water partition coefficient (Wildman–Crippen LogP) is 3.91. The van der Waals surface area contributed by atoms with Crippen molar-refractivity contribution in [1.29, 1.82) is 0 Å². The molecule has 2 aromatic rings. The maximum Gasteiger partial charge on any atom is 0.339 e. The number of piperidine rings is 1. The van der Waals surface area contributed by atoms with Crippen LogP contribution in [0.1, 0.15) is 46.9 Å². The van der Waals surface area contributed by atoms with E-state index < -0.39 is 12.1 Å². The molecule has 2 aromatic carbocycles. The molecule has 130 valence electrons. The third-order valence-corrected chi connectivity index (χ3v) is 4.47. The molecule has 0 bridgehead atoms. The quantitative estimate of drug-likeness (QED) is 0.795. The molecule has 1 atom stereocenters. The summed E-state index contributed by atoms with van der Waals surface area (Å²) >= 11 is 0. The van der Waals surface area contributed by atoms with Gasteiger partial charge in [-0.3, -0.25) is 4.79 Å². The van der Waals surface area contributed by atoms with Crippen molar-refractivity contribution in [1.82, 2.24) is 4.90 Å². The summed E-state index contributed by atoms with van der Waals surface area (Å²) in [5.74, 6) is -0.602. The fraction of sp³-hybridized carbons (Fsp3) is 0.333. The van der Waals surface area contributed by atoms with Gasteiger partial charge >= 0.3 is 5.97 Å². The van der Waals surface area contributed by atoms with Crippen LogP contribution in [0.15, 0.2) is 54.6 Å². The summed E-state index contributed by atoms with van der Waals surface area (Å²) in [6.07, 6.45) is 2.24. The molecular formula is C21H23NO3. The Morgan fingerprint density at radius 2 is 1.68 bits per heavy atom. The minimum absolute atomic E-state index is 0.132. The molecule has 3 rings (SSSR count). The van der Waals surface area contributed by atoms with E-state index in [1.807, 2.05) is 54.3 Å². The van der Waals surface area contributed by atoms with Gasteiger partial charge in [-0.2, -0.15) is 0 Å². The molecule has 0 aromatic heterocycles. The zero-order chi connectivity index (χ0) is 17.6. The average molecular weight is 337 g/mol. The van der Waals surface area contributed by atoms with Gasteiger partial charge in [0.1, 0.15) is 0 Å². The Morgan fingerprint density at radius 3 is 2.36 bits per heavy atom. The Kier molecular flexibility index (Phi) is 5.49. The van der Waals surface area contributed by atoms with E-state index in [1.54, 1.807) is 12.1 Å². The molecule has 0 aliphatic carbocycles. The molecule has 4 nitrogen and oxygen atoms in total. The number of likely N-dealkylation sites (tertiary alicyclic amines) is 1. The highest BCUT2D eigenvalue weighted by molar-refractivity contribution is 5.92. The van der Waals surface area contributed by atoms with Crippen LogP contribution in [0.5, 0.6) is 0 Å². The zero-order valence-electron chi connectivity index (χ0n) is 14.5. The largest absolute Gasteiger partial charge is 0.444 e. The molecule has 0 N–H and O–H groups in total. The van der Waals surface area contributed by atoms with E-state index in [4.69, 9.17) is 4.74 Å². The van der Waals surface area contributed by atoms with Crippen molar-refractivity contribution in [3.63, 3.8) is 0 Å². The van der Waals surface area contributed by atoms with Crippen molar-refractivity contribution in [2.75, 3.05) is 13.1 Å². The van der Waals surface area contributed by atoms with Crippen molar-refractivity contribution in [3.8, 4) is 0 Å². The van der Waals surface area contributed by atoms with E-state index in [9.17, 15) is 9.59 Å². The van der Waals surface area contributed by atoms with Crippen LogP contribution in [0.3, 0.4) is 0 Å². The van der Waals surface area contributed by atoms with Gasteiger partial charge in [0.25, 0.3) is 5.91 Å². The van der Waals surface area contributed by atoms with E-state index in [-0.39, 0.29) is 5.91 Å². The van der Waals surface area contributed by atoms with Gasteiger partial charge in [-0.15, -0.1) is 0 Å². The van der Waals surface area contributed by atoms with Crippen LogP contribution in [0.4, 0.5) is 0 Å². The molecule has 1 fully saturated rings. The molecule has 1 aliphatic rings. The highest BCUT2D eigenvalue weighted by atomic mass is 16.5. The SMILES string of the molecule is Cc1cccc(C(=O)O[C@@H](C(=O)N2CCCCC2)c2ccccc2)c1. The van der Waals surface area contributed by atoms with Crippen molar-refractivity contribution < 1.29 is 14.3 Å². The van der Waals surface area contributed by atoms with Gasteiger partial charge in [0.15, 0.2) is 0 Å². The van der Waals surface area contributed by atoms with Gasteiger partial charge < -0.3 is 9.64 Å². The summed E-state index contributed by atoms with van der Waals surface area (Å²) in [5.41, 5.74) is 2.15. The first-order valence-corrected chi connectivity index (χ1v) is 8.76. The highest BCUT2D eigenvalue weighted by Gasteiger charge is 2.30. The van der Waals surface area contributed by atoms with Crippen molar-refractivity contribution >= 4 is 11.9 Å². The first kappa shape index (κ1) is 17.2. The topological polar surface area (TPSA) is 46.6 Å². The van der Waals surface area contributed by atoms with Gasteiger partial charge in [0, 0.05) is 18.7 Å². The van der Waals surface area contributed by atoms with Crippen LogP contribution in [0.2, 0.25) is 0 Å². The van der Waals surface area contributed by atoms with E-state index in [0.29, 0.717) is 11.1 Å². The molecule has 1 saturated heterocycles. The molecular weight excluding hydrogens is 314 g/mol. The third kappa shape index (κ3) is 4.27. The number of hydrogen-bond donors (Lipinski definition) is 0. The highest BCUT2D eigenvalue weighted by Crippen LogP contribution is 2.24. The lowest BCUT2D eigenvalue weighted by atomic mass is 10.1. The number of amides is 1. The lowest BCUT2D eigenvalue weighted by Gasteiger charge is -2.30. The Hall–Kier alpha value is -2.62. The third-order valence-electron chi connectivity index (χ3n) is 4.47. The molecule has 1 heterocycles. The maximum absolute atomic E-state index is 13.0. The van der Waals surface area contributed by atoms with Crippen LogP contribution in [-0.2, 0) is 9.53 Å². The lowest BCUT2D eigenvalue weighted by Crippen LogP contribution is -2.40. The fourth-order valence-electron chi connectivity index (χ4n) is 3.12. The summed E-state index contributed by atoms with van der Waals surface area (Å²) in [4.78, 5) is 27.4.